The molecule has 0 spiro atoms. The zero-order chi connectivity index (χ0) is 12.1. The van der Waals surface area contributed by atoms with Gasteiger partial charge in [-0.2, -0.15) is 0 Å². The van der Waals surface area contributed by atoms with Crippen molar-refractivity contribution in [2.24, 2.45) is 5.92 Å². The van der Waals surface area contributed by atoms with E-state index >= 15 is 0 Å². The molecule has 6 heteroatoms. The number of hydrogen-bond donors (Lipinski definition) is 1. The monoisotopic (exact) mass is 305 g/mol. The molecule has 1 aromatic rings. The summed E-state index contributed by atoms with van der Waals surface area (Å²) in [5.74, 6) is 0.818. The summed E-state index contributed by atoms with van der Waals surface area (Å²) < 4.78 is 0. The van der Waals surface area contributed by atoms with Crippen LogP contribution in [-0.2, 0) is 0 Å². The van der Waals surface area contributed by atoms with Crippen LogP contribution in [0.2, 0.25) is 0 Å². The van der Waals surface area contributed by atoms with Gasteiger partial charge in [-0.25, -0.2) is 0 Å². The Morgan fingerprint density at radius 1 is 1.42 bits per heavy atom. The molecule has 0 bridgehead atoms. The lowest BCUT2D eigenvalue weighted by Crippen LogP contribution is -2.40. The first-order valence-electron chi connectivity index (χ1n) is 6.15. The van der Waals surface area contributed by atoms with E-state index in [1.807, 2.05) is 18.0 Å². The number of likely N-dealkylation sites (tertiary alicyclic amines) is 1. The van der Waals surface area contributed by atoms with E-state index in [0.717, 1.165) is 32.5 Å². The normalized spacial score (nSPS) is 15.3. The van der Waals surface area contributed by atoms with Crippen molar-refractivity contribution in [3.8, 4) is 0 Å². The van der Waals surface area contributed by atoms with Gasteiger partial charge in [0.1, 0.15) is 0 Å². The Kier molecular flexibility index (Phi) is 8.72. The lowest BCUT2D eigenvalue weighted by atomic mass is 9.96. The average molecular weight is 306 g/mol. The zero-order valence-corrected chi connectivity index (χ0v) is 12.7. The van der Waals surface area contributed by atoms with Crippen LogP contribution in [0.3, 0.4) is 0 Å². The fourth-order valence-corrected chi connectivity index (χ4v) is 2.30. The summed E-state index contributed by atoms with van der Waals surface area (Å²) >= 11 is 0. The number of rotatable bonds is 3. The van der Waals surface area contributed by atoms with Gasteiger partial charge in [-0.3, -0.25) is 9.78 Å². The maximum atomic E-state index is 12.1. The largest absolute Gasteiger partial charge is 0.339 e. The predicted molar refractivity (Wildman–Crippen MR) is 81.3 cm³/mol. The Morgan fingerprint density at radius 3 is 2.63 bits per heavy atom. The Balaban J connectivity index is 0.00000162. The van der Waals surface area contributed by atoms with Crippen molar-refractivity contribution in [3.63, 3.8) is 0 Å². The number of nitrogens with one attached hydrogen (secondary N) is 1. The molecule has 1 fully saturated rings. The number of carbonyl (C=O) groups excluding carboxylic acids is 1. The molecule has 0 radical (unpaired) electrons. The minimum atomic E-state index is 0. The number of carbonyl (C=O) groups is 1. The molecule has 1 N–H and O–H groups in total. The Labute approximate surface area is 126 Å². The van der Waals surface area contributed by atoms with Crippen molar-refractivity contribution in [2.75, 3.05) is 26.7 Å². The summed E-state index contributed by atoms with van der Waals surface area (Å²) in [4.78, 5) is 18.1. The maximum Gasteiger partial charge on any atom is 0.255 e. The van der Waals surface area contributed by atoms with E-state index in [4.69, 9.17) is 0 Å². The zero-order valence-electron chi connectivity index (χ0n) is 11.0. The van der Waals surface area contributed by atoms with Gasteiger partial charge in [0, 0.05) is 25.5 Å². The summed E-state index contributed by atoms with van der Waals surface area (Å²) in [6.45, 7) is 2.77. The van der Waals surface area contributed by atoms with Gasteiger partial charge < -0.3 is 10.2 Å². The fraction of sp³-hybridized carbons (Fsp3) is 0.538. The molecule has 0 atom stereocenters. The van der Waals surface area contributed by atoms with Crippen LogP contribution in [0.25, 0.3) is 0 Å². The first kappa shape index (κ1) is 18.2. The lowest BCUT2D eigenvalue weighted by Gasteiger charge is -2.31. The lowest BCUT2D eigenvalue weighted by molar-refractivity contribution is 0.0690. The third-order valence-corrected chi connectivity index (χ3v) is 3.30. The third-order valence-electron chi connectivity index (χ3n) is 3.30. The Bertz CT molecular complexity index is 367. The molecule has 2 heterocycles. The maximum absolute atomic E-state index is 12.1. The number of nitrogens with zero attached hydrogens (tertiary/aromatic N) is 2. The quantitative estimate of drug-likeness (QED) is 0.929. The number of amides is 1. The van der Waals surface area contributed by atoms with Crippen LogP contribution in [0, 0.1) is 5.92 Å². The van der Waals surface area contributed by atoms with Crippen LogP contribution in [0.15, 0.2) is 24.5 Å². The standard InChI is InChI=1S/C13H19N3O.2ClH/c1-14-9-11-4-7-16(8-5-11)13(17)12-3-2-6-15-10-12;;/h2-3,6,10-11,14H,4-5,7-9H2,1H3;2*1H. The minimum absolute atomic E-state index is 0. The van der Waals surface area contributed by atoms with Gasteiger partial charge in [0.25, 0.3) is 5.91 Å². The van der Waals surface area contributed by atoms with Crippen LogP contribution >= 0.6 is 24.8 Å². The Morgan fingerprint density at radius 2 is 2.11 bits per heavy atom. The van der Waals surface area contributed by atoms with Crippen molar-refractivity contribution < 1.29 is 4.79 Å². The number of piperidine rings is 1. The summed E-state index contributed by atoms with van der Waals surface area (Å²) in [5, 5.41) is 3.20. The molecule has 0 unspecified atom stereocenters. The molecule has 1 saturated heterocycles. The molecular formula is C13H21Cl2N3O. The van der Waals surface area contributed by atoms with E-state index in [9.17, 15) is 4.79 Å². The van der Waals surface area contributed by atoms with Gasteiger partial charge >= 0.3 is 0 Å². The highest BCUT2D eigenvalue weighted by Gasteiger charge is 2.23. The second kappa shape index (κ2) is 9.13. The topological polar surface area (TPSA) is 45.2 Å². The number of hydrogen-bond acceptors (Lipinski definition) is 3. The smallest absolute Gasteiger partial charge is 0.255 e. The second-order valence-corrected chi connectivity index (χ2v) is 4.53. The number of pyridine rings is 1. The highest BCUT2D eigenvalue weighted by molar-refractivity contribution is 5.93. The van der Waals surface area contributed by atoms with Crippen molar-refractivity contribution in [3.05, 3.63) is 30.1 Å². The molecule has 19 heavy (non-hydrogen) atoms. The van der Waals surface area contributed by atoms with Crippen molar-refractivity contribution in [1.82, 2.24) is 15.2 Å². The molecule has 0 saturated carbocycles. The van der Waals surface area contributed by atoms with E-state index in [0.29, 0.717) is 11.5 Å². The summed E-state index contributed by atoms with van der Waals surface area (Å²) in [6.07, 6.45) is 5.51. The number of aromatic nitrogens is 1. The fourth-order valence-electron chi connectivity index (χ4n) is 2.30. The van der Waals surface area contributed by atoms with Crippen molar-refractivity contribution in [2.45, 2.75) is 12.8 Å². The number of halogens is 2. The molecular weight excluding hydrogens is 285 g/mol. The van der Waals surface area contributed by atoms with Gasteiger partial charge in [-0.15, -0.1) is 24.8 Å². The summed E-state index contributed by atoms with van der Waals surface area (Å²) in [7, 11) is 1.98. The average Bonchev–Trinajstić information content (AvgIpc) is 2.40. The molecule has 1 amide bonds. The third kappa shape index (κ3) is 4.97. The van der Waals surface area contributed by atoms with Crippen LogP contribution in [0.1, 0.15) is 23.2 Å². The van der Waals surface area contributed by atoms with Gasteiger partial charge in [-0.05, 0) is 44.5 Å². The van der Waals surface area contributed by atoms with Crippen molar-refractivity contribution in [1.29, 1.82) is 0 Å². The van der Waals surface area contributed by atoms with E-state index in [2.05, 4.69) is 10.3 Å². The predicted octanol–water partition coefficient (Wildman–Crippen LogP) is 2.00. The molecule has 0 aliphatic carbocycles. The molecule has 4 nitrogen and oxygen atoms in total. The van der Waals surface area contributed by atoms with Crippen LogP contribution in [-0.4, -0.2) is 42.5 Å². The van der Waals surface area contributed by atoms with Gasteiger partial charge in [-0.1, -0.05) is 0 Å². The van der Waals surface area contributed by atoms with Gasteiger partial charge in [0.2, 0.25) is 0 Å². The molecule has 2 rings (SSSR count). The molecule has 0 aromatic carbocycles. The summed E-state index contributed by atoms with van der Waals surface area (Å²) in [6, 6.07) is 3.63. The van der Waals surface area contributed by atoms with E-state index in [1.54, 1.807) is 18.5 Å². The first-order valence-corrected chi connectivity index (χ1v) is 6.15. The van der Waals surface area contributed by atoms with Crippen LogP contribution < -0.4 is 5.32 Å². The molecule has 1 aliphatic heterocycles. The van der Waals surface area contributed by atoms with E-state index in [-0.39, 0.29) is 30.7 Å². The van der Waals surface area contributed by atoms with E-state index < -0.39 is 0 Å². The van der Waals surface area contributed by atoms with Crippen molar-refractivity contribution >= 4 is 30.7 Å². The van der Waals surface area contributed by atoms with Gasteiger partial charge in [0.05, 0.1) is 5.56 Å². The highest BCUT2D eigenvalue weighted by Crippen LogP contribution is 2.18. The molecule has 108 valence electrons. The highest BCUT2D eigenvalue weighted by atomic mass is 35.5. The first-order chi connectivity index (χ1) is 8.31. The van der Waals surface area contributed by atoms with Crippen LogP contribution in [0.4, 0.5) is 0 Å². The van der Waals surface area contributed by atoms with E-state index in [1.165, 1.54) is 0 Å². The van der Waals surface area contributed by atoms with Crippen LogP contribution in [0.5, 0.6) is 0 Å². The Hall–Kier alpha value is -0.840. The van der Waals surface area contributed by atoms with Gasteiger partial charge in [0.15, 0.2) is 0 Å². The molecule has 1 aromatic heterocycles. The second-order valence-electron chi connectivity index (χ2n) is 4.53. The SMILES string of the molecule is CNCC1CCN(C(=O)c2cccnc2)CC1.Cl.Cl. The minimum Gasteiger partial charge on any atom is -0.339 e. The summed E-state index contributed by atoms with van der Waals surface area (Å²) in [5.41, 5.74) is 0.694. The molecule has 1 aliphatic rings.